The maximum Gasteiger partial charge on any atom is 0.248 e. The standard InChI is InChI=1S/C19H24N4O/c1-14(16-6-4-3-5-7-16)12-22-19(21-2)23-13-15-8-10-17(11-9-15)18(20)24/h3-11,14H,12-13H2,1-2H3,(H2,20,24)(H2,21,22,23). The average Bonchev–Trinajstić information content (AvgIpc) is 2.62. The predicted octanol–water partition coefficient (Wildman–Crippen LogP) is 2.25. The molecule has 0 bridgehead atoms. The van der Waals surface area contributed by atoms with Crippen LogP contribution in [0.4, 0.5) is 0 Å². The third kappa shape index (κ3) is 5.12. The summed E-state index contributed by atoms with van der Waals surface area (Å²) in [7, 11) is 1.75. The highest BCUT2D eigenvalue weighted by molar-refractivity contribution is 5.92. The van der Waals surface area contributed by atoms with E-state index in [0.29, 0.717) is 18.0 Å². The first-order valence-electron chi connectivity index (χ1n) is 7.98. The van der Waals surface area contributed by atoms with Gasteiger partial charge in [-0.05, 0) is 29.2 Å². The zero-order valence-corrected chi connectivity index (χ0v) is 14.1. The van der Waals surface area contributed by atoms with E-state index < -0.39 is 5.91 Å². The first-order valence-corrected chi connectivity index (χ1v) is 7.98. The highest BCUT2D eigenvalue weighted by Gasteiger charge is 2.06. The van der Waals surface area contributed by atoms with Crippen LogP contribution in [0.1, 0.15) is 34.3 Å². The summed E-state index contributed by atoms with van der Waals surface area (Å²) in [6.45, 7) is 3.60. The van der Waals surface area contributed by atoms with E-state index in [0.717, 1.165) is 18.1 Å². The number of benzene rings is 2. The lowest BCUT2D eigenvalue weighted by Gasteiger charge is -2.16. The van der Waals surface area contributed by atoms with Crippen molar-refractivity contribution in [2.24, 2.45) is 10.7 Å². The van der Waals surface area contributed by atoms with Gasteiger partial charge in [0.05, 0.1) is 0 Å². The maximum absolute atomic E-state index is 11.1. The van der Waals surface area contributed by atoms with Gasteiger partial charge in [-0.3, -0.25) is 9.79 Å². The third-order valence-electron chi connectivity index (χ3n) is 3.87. The van der Waals surface area contributed by atoms with Crippen LogP contribution in [-0.4, -0.2) is 25.5 Å². The van der Waals surface area contributed by atoms with Crippen molar-refractivity contribution < 1.29 is 4.79 Å². The molecule has 0 fully saturated rings. The molecule has 2 rings (SSSR count). The minimum atomic E-state index is -0.415. The van der Waals surface area contributed by atoms with Gasteiger partial charge in [-0.1, -0.05) is 49.4 Å². The van der Waals surface area contributed by atoms with E-state index in [9.17, 15) is 4.79 Å². The van der Waals surface area contributed by atoms with Crippen LogP contribution >= 0.6 is 0 Å². The van der Waals surface area contributed by atoms with Crippen molar-refractivity contribution in [3.63, 3.8) is 0 Å². The Balaban J connectivity index is 1.83. The molecule has 0 aromatic heterocycles. The number of hydrogen-bond donors (Lipinski definition) is 3. The first kappa shape index (κ1) is 17.5. The molecule has 4 N–H and O–H groups in total. The molecule has 1 amide bonds. The van der Waals surface area contributed by atoms with E-state index >= 15 is 0 Å². The molecule has 5 nitrogen and oxygen atoms in total. The molecule has 0 aliphatic heterocycles. The van der Waals surface area contributed by atoms with Crippen LogP contribution < -0.4 is 16.4 Å². The van der Waals surface area contributed by atoms with Crippen LogP contribution in [0.25, 0.3) is 0 Å². The summed E-state index contributed by atoms with van der Waals surface area (Å²) in [5.74, 6) is 0.721. The number of aliphatic imine (C=N–C) groups is 1. The van der Waals surface area contributed by atoms with Gasteiger partial charge < -0.3 is 16.4 Å². The van der Waals surface area contributed by atoms with Gasteiger partial charge >= 0.3 is 0 Å². The number of hydrogen-bond acceptors (Lipinski definition) is 2. The number of guanidine groups is 1. The Labute approximate surface area is 143 Å². The molecule has 126 valence electrons. The normalized spacial score (nSPS) is 12.5. The topological polar surface area (TPSA) is 79.5 Å². The first-order chi connectivity index (χ1) is 11.6. The smallest absolute Gasteiger partial charge is 0.248 e. The zero-order valence-electron chi connectivity index (χ0n) is 14.1. The fraction of sp³-hybridized carbons (Fsp3) is 0.263. The van der Waals surface area contributed by atoms with Crippen molar-refractivity contribution in [2.45, 2.75) is 19.4 Å². The second-order valence-electron chi connectivity index (χ2n) is 5.68. The van der Waals surface area contributed by atoms with Crippen LogP contribution in [0.5, 0.6) is 0 Å². The molecule has 5 heteroatoms. The van der Waals surface area contributed by atoms with Gasteiger partial charge in [0.15, 0.2) is 5.96 Å². The molecule has 0 saturated heterocycles. The summed E-state index contributed by atoms with van der Waals surface area (Å²) in [5, 5.41) is 6.60. The van der Waals surface area contributed by atoms with E-state index in [4.69, 9.17) is 5.73 Å². The lowest BCUT2D eigenvalue weighted by Crippen LogP contribution is -2.38. The molecular weight excluding hydrogens is 300 g/mol. The second kappa shape index (κ2) is 8.72. The number of nitrogens with zero attached hydrogens (tertiary/aromatic N) is 1. The quantitative estimate of drug-likeness (QED) is 0.563. The Bertz CT molecular complexity index is 680. The molecule has 0 heterocycles. The number of carbonyl (C=O) groups is 1. The number of nitrogens with one attached hydrogen (secondary N) is 2. The summed E-state index contributed by atoms with van der Waals surface area (Å²) >= 11 is 0. The molecule has 0 spiro atoms. The molecule has 24 heavy (non-hydrogen) atoms. The molecule has 0 saturated carbocycles. The lowest BCUT2D eigenvalue weighted by molar-refractivity contribution is 0.100. The lowest BCUT2D eigenvalue weighted by atomic mass is 10.0. The Morgan fingerprint density at radius 2 is 1.75 bits per heavy atom. The van der Waals surface area contributed by atoms with Gasteiger partial charge in [-0.25, -0.2) is 0 Å². The third-order valence-corrected chi connectivity index (χ3v) is 3.87. The van der Waals surface area contributed by atoms with Crippen LogP contribution in [-0.2, 0) is 6.54 Å². The summed E-state index contributed by atoms with van der Waals surface area (Å²) in [5.41, 5.74) is 8.10. The SMILES string of the molecule is CN=C(NCc1ccc(C(N)=O)cc1)NCC(C)c1ccccc1. The van der Waals surface area contributed by atoms with Gasteiger partial charge in [0, 0.05) is 25.7 Å². The van der Waals surface area contributed by atoms with Crippen molar-refractivity contribution in [1.29, 1.82) is 0 Å². The predicted molar refractivity (Wildman–Crippen MR) is 98.0 cm³/mol. The zero-order chi connectivity index (χ0) is 17.4. The summed E-state index contributed by atoms with van der Waals surface area (Å²) in [4.78, 5) is 15.3. The van der Waals surface area contributed by atoms with Crippen molar-refractivity contribution in [3.05, 3.63) is 71.3 Å². The minimum Gasteiger partial charge on any atom is -0.366 e. The van der Waals surface area contributed by atoms with Gasteiger partial charge in [0.2, 0.25) is 5.91 Å². The summed E-state index contributed by atoms with van der Waals surface area (Å²) < 4.78 is 0. The van der Waals surface area contributed by atoms with E-state index in [-0.39, 0.29) is 0 Å². The maximum atomic E-state index is 11.1. The number of rotatable bonds is 6. The summed E-state index contributed by atoms with van der Waals surface area (Å²) in [6, 6.07) is 17.6. The molecular formula is C19H24N4O. The average molecular weight is 324 g/mol. The molecule has 0 aliphatic rings. The van der Waals surface area contributed by atoms with Gasteiger partial charge in [0.1, 0.15) is 0 Å². The van der Waals surface area contributed by atoms with Gasteiger partial charge in [-0.15, -0.1) is 0 Å². The number of nitrogens with two attached hydrogens (primary N) is 1. The monoisotopic (exact) mass is 324 g/mol. The number of amides is 1. The second-order valence-corrected chi connectivity index (χ2v) is 5.68. The van der Waals surface area contributed by atoms with Gasteiger partial charge in [-0.2, -0.15) is 0 Å². The summed E-state index contributed by atoms with van der Waals surface area (Å²) in [6.07, 6.45) is 0. The highest BCUT2D eigenvalue weighted by Crippen LogP contribution is 2.12. The van der Waals surface area contributed by atoms with Crippen molar-refractivity contribution in [2.75, 3.05) is 13.6 Å². The van der Waals surface area contributed by atoms with Crippen molar-refractivity contribution in [3.8, 4) is 0 Å². The number of carbonyl (C=O) groups excluding carboxylic acids is 1. The molecule has 0 radical (unpaired) electrons. The fourth-order valence-electron chi connectivity index (χ4n) is 2.34. The van der Waals surface area contributed by atoms with E-state index in [1.54, 1.807) is 19.2 Å². The van der Waals surface area contributed by atoms with E-state index in [1.165, 1.54) is 5.56 Å². The fourth-order valence-corrected chi connectivity index (χ4v) is 2.34. The minimum absolute atomic E-state index is 0.389. The molecule has 1 unspecified atom stereocenters. The van der Waals surface area contributed by atoms with Crippen molar-refractivity contribution in [1.82, 2.24) is 10.6 Å². The van der Waals surface area contributed by atoms with Crippen LogP contribution in [0.2, 0.25) is 0 Å². The van der Waals surface area contributed by atoms with Gasteiger partial charge in [0.25, 0.3) is 0 Å². The van der Waals surface area contributed by atoms with Crippen molar-refractivity contribution >= 4 is 11.9 Å². The Morgan fingerprint density at radius 3 is 2.33 bits per heavy atom. The largest absolute Gasteiger partial charge is 0.366 e. The van der Waals surface area contributed by atoms with Crippen LogP contribution in [0.15, 0.2) is 59.6 Å². The molecule has 2 aromatic carbocycles. The van der Waals surface area contributed by atoms with Crippen LogP contribution in [0, 0.1) is 0 Å². The highest BCUT2D eigenvalue weighted by atomic mass is 16.1. The van der Waals surface area contributed by atoms with E-state index in [2.05, 4.69) is 46.8 Å². The van der Waals surface area contributed by atoms with Crippen LogP contribution in [0.3, 0.4) is 0 Å². The Hall–Kier alpha value is -2.82. The number of primary amides is 1. The Morgan fingerprint density at radius 1 is 1.08 bits per heavy atom. The Kier molecular flexibility index (Phi) is 6.37. The van der Waals surface area contributed by atoms with E-state index in [1.807, 2.05) is 18.2 Å². The molecule has 0 aliphatic carbocycles. The molecule has 2 aromatic rings. The molecule has 1 atom stereocenters.